The first-order valence-electron chi connectivity index (χ1n) is 9.07. The summed E-state index contributed by atoms with van der Waals surface area (Å²) in [7, 11) is -3.55. The molecule has 146 valence electrons. The summed E-state index contributed by atoms with van der Waals surface area (Å²) in [6, 6.07) is 24.5. The van der Waals surface area contributed by atoms with Gasteiger partial charge >= 0.3 is 0 Å². The number of hydrogen-bond acceptors (Lipinski definition) is 4. The van der Waals surface area contributed by atoms with Crippen molar-refractivity contribution in [1.29, 1.82) is 0 Å². The largest absolute Gasteiger partial charge is 0.459 e. The molecule has 1 heterocycles. The molecule has 0 saturated carbocycles. The maximum absolute atomic E-state index is 13.1. The molecule has 0 aliphatic heterocycles. The topological polar surface area (TPSA) is 76.4 Å². The van der Waals surface area contributed by atoms with Gasteiger partial charge in [-0.25, -0.2) is 8.42 Å². The second-order valence-electron chi connectivity index (χ2n) is 6.77. The number of fused-ring (bicyclic) bond motifs is 1. The second kappa shape index (κ2) is 7.56. The molecule has 1 amide bonds. The van der Waals surface area contributed by atoms with Crippen LogP contribution in [0.15, 0.2) is 94.2 Å². The molecule has 0 aliphatic carbocycles. The predicted octanol–water partition coefficient (Wildman–Crippen LogP) is 4.36. The first-order valence-corrected chi connectivity index (χ1v) is 11.0. The maximum Gasteiger partial charge on any atom is 0.253 e. The van der Waals surface area contributed by atoms with Crippen molar-refractivity contribution >= 4 is 26.7 Å². The molecule has 6 heteroatoms. The number of furan rings is 1. The first kappa shape index (κ1) is 19.0. The van der Waals surface area contributed by atoms with E-state index in [1.807, 2.05) is 60.7 Å². The van der Waals surface area contributed by atoms with Crippen molar-refractivity contribution in [2.45, 2.75) is 10.9 Å². The Morgan fingerprint density at radius 3 is 2.28 bits per heavy atom. The molecular weight excluding hydrogens is 386 g/mol. The van der Waals surface area contributed by atoms with Gasteiger partial charge in [0.15, 0.2) is 9.84 Å². The van der Waals surface area contributed by atoms with Crippen molar-refractivity contribution in [2.24, 2.45) is 0 Å². The fourth-order valence-corrected chi connectivity index (χ4v) is 4.18. The third-order valence-electron chi connectivity index (χ3n) is 4.67. The Labute approximate surface area is 168 Å². The van der Waals surface area contributed by atoms with Gasteiger partial charge < -0.3 is 9.73 Å². The van der Waals surface area contributed by atoms with Crippen molar-refractivity contribution in [2.75, 3.05) is 6.26 Å². The summed E-state index contributed by atoms with van der Waals surface area (Å²) >= 11 is 0. The van der Waals surface area contributed by atoms with Gasteiger partial charge in [-0.15, -0.1) is 0 Å². The molecule has 0 radical (unpaired) electrons. The molecule has 4 rings (SSSR count). The van der Waals surface area contributed by atoms with Crippen LogP contribution >= 0.6 is 0 Å². The van der Waals surface area contributed by atoms with Gasteiger partial charge in [-0.1, -0.05) is 60.7 Å². The maximum atomic E-state index is 13.1. The number of benzene rings is 3. The Kier molecular flexibility index (Phi) is 4.94. The van der Waals surface area contributed by atoms with Gasteiger partial charge in [0.25, 0.3) is 5.91 Å². The molecule has 5 nitrogen and oxygen atoms in total. The predicted molar refractivity (Wildman–Crippen MR) is 112 cm³/mol. The van der Waals surface area contributed by atoms with Crippen molar-refractivity contribution in [3.8, 4) is 0 Å². The summed E-state index contributed by atoms with van der Waals surface area (Å²) in [6.07, 6.45) is 1.09. The lowest BCUT2D eigenvalue weighted by atomic mass is 10.0. The van der Waals surface area contributed by atoms with E-state index in [0.717, 1.165) is 17.2 Å². The number of carbonyl (C=O) groups excluding carboxylic acids is 1. The summed E-state index contributed by atoms with van der Waals surface area (Å²) < 4.78 is 30.2. The van der Waals surface area contributed by atoms with Crippen LogP contribution in [0.3, 0.4) is 0 Å². The molecule has 29 heavy (non-hydrogen) atoms. The standard InChI is InChI=1S/C23H19NO4S/c1-29(26,27)21-14-8-6-12-18(21)23(25)24-22(16-9-3-2-4-10-16)20-15-17-11-5-7-13-19(17)28-20/h2-15,22H,1H3,(H,24,25). The van der Waals surface area contributed by atoms with E-state index in [4.69, 9.17) is 4.42 Å². The Morgan fingerprint density at radius 1 is 0.897 bits per heavy atom. The molecule has 0 bridgehead atoms. The number of nitrogens with one attached hydrogen (secondary N) is 1. The van der Waals surface area contributed by atoms with Crippen LogP contribution in [0.2, 0.25) is 0 Å². The minimum Gasteiger partial charge on any atom is -0.459 e. The summed E-state index contributed by atoms with van der Waals surface area (Å²) in [4.78, 5) is 13.1. The lowest BCUT2D eigenvalue weighted by molar-refractivity contribution is 0.0936. The average Bonchev–Trinajstić information content (AvgIpc) is 3.15. The number of carbonyl (C=O) groups is 1. The summed E-state index contributed by atoms with van der Waals surface area (Å²) in [6.45, 7) is 0. The number of para-hydroxylation sites is 1. The van der Waals surface area contributed by atoms with E-state index >= 15 is 0 Å². The highest BCUT2D eigenvalue weighted by molar-refractivity contribution is 7.90. The van der Waals surface area contributed by atoms with Crippen LogP contribution in [-0.4, -0.2) is 20.6 Å². The van der Waals surface area contributed by atoms with Gasteiger partial charge in [0.1, 0.15) is 17.4 Å². The quantitative estimate of drug-likeness (QED) is 0.535. The molecule has 1 N–H and O–H groups in total. The number of sulfone groups is 1. The van der Waals surface area contributed by atoms with Gasteiger partial charge in [0, 0.05) is 11.6 Å². The van der Waals surface area contributed by atoms with Gasteiger partial charge in [-0.3, -0.25) is 4.79 Å². The van der Waals surface area contributed by atoms with Crippen LogP contribution in [0.1, 0.15) is 27.7 Å². The zero-order valence-corrected chi connectivity index (χ0v) is 16.5. The molecule has 0 fully saturated rings. The van der Waals surface area contributed by atoms with Crippen LogP contribution in [0, 0.1) is 0 Å². The van der Waals surface area contributed by atoms with Crippen molar-refractivity contribution in [3.05, 3.63) is 102 Å². The van der Waals surface area contributed by atoms with Crippen LogP contribution in [0.4, 0.5) is 0 Å². The van der Waals surface area contributed by atoms with Crippen molar-refractivity contribution in [1.82, 2.24) is 5.32 Å². The average molecular weight is 405 g/mol. The van der Waals surface area contributed by atoms with Gasteiger partial charge in [0.05, 0.1) is 10.5 Å². The number of rotatable bonds is 5. The SMILES string of the molecule is CS(=O)(=O)c1ccccc1C(=O)NC(c1ccccc1)c1cc2ccccc2o1. The highest BCUT2D eigenvalue weighted by Gasteiger charge is 2.24. The molecule has 3 aromatic carbocycles. The molecule has 4 aromatic rings. The number of hydrogen-bond donors (Lipinski definition) is 1. The Morgan fingerprint density at radius 2 is 1.55 bits per heavy atom. The van der Waals surface area contributed by atoms with Gasteiger partial charge in [-0.2, -0.15) is 0 Å². The lowest BCUT2D eigenvalue weighted by Crippen LogP contribution is -2.30. The van der Waals surface area contributed by atoms with Crippen molar-refractivity contribution < 1.29 is 17.6 Å². The van der Waals surface area contributed by atoms with Crippen LogP contribution in [0.5, 0.6) is 0 Å². The van der Waals surface area contributed by atoms with Gasteiger partial charge in [0.2, 0.25) is 0 Å². The molecule has 0 spiro atoms. The smallest absolute Gasteiger partial charge is 0.253 e. The van der Waals surface area contributed by atoms with Crippen LogP contribution in [-0.2, 0) is 9.84 Å². The highest BCUT2D eigenvalue weighted by atomic mass is 32.2. The van der Waals surface area contributed by atoms with E-state index in [9.17, 15) is 13.2 Å². The third kappa shape index (κ3) is 3.93. The van der Waals surface area contributed by atoms with E-state index in [0.29, 0.717) is 11.3 Å². The molecule has 0 saturated heterocycles. The van der Waals surface area contributed by atoms with E-state index in [1.54, 1.807) is 12.1 Å². The summed E-state index contributed by atoms with van der Waals surface area (Å²) in [5.41, 5.74) is 1.65. The lowest BCUT2D eigenvalue weighted by Gasteiger charge is -2.18. The zero-order chi connectivity index (χ0) is 20.4. The van der Waals surface area contributed by atoms with Gasteiger partial charge in [-0.05, 0) is 29.8 Å². The molecule has 1 atom stereocenters. The highest BCUT2D eigenvalue weighted by Crippen LogP contribution is 2.29. The Balaban J connectivity index is 1.77. The first-order chi connectivity index (χ1) is 13.9. The minimum atomic E-state index is -3.55. The normalized spacial score (nSPS) is 12.6. The third-order valence-corrected chi connectivity index (χ3v) is 5.82. The van der Waals surface area contributed by atoms with E-state index in [1.165, 1.54) is 12.1 Å². The fourth-order valence-electron chi connectivity index (χ4n) is 3.30. The van der Waals surface area contributed by atoms with Crippen LogP contribution < -0.4 is 5.32 Å². The molecule has 1 aromatic heterocycles. The number of amides is 1. The van der Waals surface area contributed by atoms with E-state index in [2.05, 4.69) is 5.32 Å². The summed E-state index contributed by atoms with van der Waals surface area (Å²) in [5.74, 6) is 0.0860. The zero-order valence-electron chi connectivity index (χ0n) is 15.7. The van der Waals surface area contributed by atoms with Crippen LogP contribution in [0.25, 0.3) is 11.0 Å². The molecular formula is C23H19NO4S. The van der Waals surface area contributed by atoms with Crippen molar-refractivity contribution in [3.63, 3.8) is 0 Å². The summed E-state index contributed by atoms with van der Waals surface area (Å²) in [5, 5.41) is 3.87. The fraction of sp³-hybridized carbons (Fsp3) is 0.0870. The monoisotopic (exact) mass is 405 g/mol. The Hall–Kier alpha value is -3.38. The Bertz CT molecular complexity index is 1240. The second-order valence-corrected chi connectivity index (χ2v) is 8.76. The van der Waals surface area contributed by atoms with E-state index < -0.39 is 21.8 Å². The molecule has 1 unspecified atom stereocenters. The van der Waals surface area contributed by atoms with E-state index in [-0.39, 0.29) is 10.5 Å². The molecule has 0 aliphatic rings. The minimum absolute atomic E-state index is 0.00563.